The molecule has 0 spiro atoms. The second-order valence-electron chi connectivity index (χ2n) is 4.74. The van der Waals surface area contributed by atoms with Crippen LogP contribution in [0.15, 0.2) is 28.6 Å². The Bertz CT molecular complexity index is 631. The van der Waals surface area contributed by atoms with Crippen molar-refractivity contribution in [3.05, 3.63) is 29.3 Å². The van der Waals surface area contributed by atoms with Crippen LogP contribution in [0.2, 0.25) is 5.02 Å². The minimum atomic E-state index is -0.647. The third kappa shape index (κ3) is 5.15. The van der Waals surface area contributed by atoms with Gasteiger partial charge in [-0.25, -0.2) is 0 Å². The number of hydrogen-bond donors (Lipinski definition) is 1. The molecule has 5 nitrogen and oxygen atoms in total. The molecule has 0 fully saturated rings. The lowest BCUT2D eigenvalue weighted by Gasteiger charge is -2.13. The van der Waals surface area contributed by atoms with Crippen molar-refractivity contribution in [1.29, 1.82) is 0 Å². The van der Waals surface area contributed by atoms with Crippen LogP contribution < -0.4 is 10.1 Å². The van der Waals surface area contributed by atoms with Crippen molar-refractivity contribution >= 4 is 45.7 Å². The number of benzene rings is 1. The summed E-state index contributed by atoms with van der Waals surface area (Å²) in [7, 11) is 0. The van der Waals surface area contributed by atoms with E-state index in [1.165, 1.54) is 11.3 Å². The highest BCUT2D eigenvalue weighted by atomic mass is 35.5. The summed E-state index contributed by atoms with van der Waals surface area (Å²) < 4.78 is 6.39. The number of nitrogens with one attached hydrogen (secondary N) is 1. The molecule has 0 bridgehead atoms. The fraction of sp³-hybridized carbons (Fsp3) is 0.357. The highest BCUT2D eigenvalue weighted by Gasteiger charge is 2.17. The molecule has 0 aliphatic rings. The Balaban J connectivity index is 1.90. The predicted molar refractivity (Wildman–Crippen MR) is 91.1 cm³/mol. The molecule has 0 aliphatic heterocycles. The molecule has 0 unspecified atom stereocenters. The van der Waals surface area contributed by atoms with Crippen LogP contribution in [0.4, 0.5) is 5.13 Å². The molecular formula is C14H16ClN3O2S2. The van der Waals surface area contributed by atoms with Crippen LogP contribution in [0, 0.1) is 0 Å². The Morgan fingerprint density at radius 2 is 1.95 bits per heavy atom. The summed E-state index contributed by atoms with van der Waals surface area (Å²) >= 11 is 8.77. The van der Waals surface area contributed by atoms with E-state index in [-0.39, 0.29) is 5.91 Å². The monoisotopic (exact) mass is 357 g/mol. The zero-order valence-electron chi connectivity index (χ0n) is 12.4. The summed E-state index contributed by atoms with van der Waals surface area (Å²) in [6.07, 6.45) is -0.647. The smallest absolute Gasteiger partial charge is 0.266 e. The molecule has 0 aliphatic carbocycles. The number of nitrogens with zero attached hydrogens (tertiary/aromatic N) is 2. The predicted octanol–water partition coefficient (Wildman–Crippen LogP) is 4.10. The summed E-state index contributed by atoms with van der Waals surface area (Å²) in [5.41, 5.74) is 0. The van der Waals surface area contributed by atoms with Crippen LogP contribution in [0.5, 0.6) is 5.75 Å². The minimum Gasteiger partial charge on any atom is -0.481 e. The highest BCUT2D eigenvalue weighted by molar-refractivity contribution is 8.01. The molecule has 8 heteroatoms. The molecular weight excluding hydrogens is 342 g/mol. The second kappa shape index (κ2) is 7.80. The van der Waals surface area contributed by atoms with E-state index in [9.17, 15) is 4.79 Å². The first kappa shape index (κ1) is 17.1. The molecule has 1 aromatic heterocycles. The van der Waals surface area contributed by atoms with Crippen molar-refractivity contribution in [3.63, 3.8) is 0 Å². The number of thioether (sulfide) groups is 1. The van der Waals surface area contributed by atoms with Crippen LogP contribution in [0.25, 0.3) is 0 Å². The zero-order chi connectivity index (χ0) is 16.1. The Morgan fingerprint density at radius 1 is 1.27 bits per heavy atom. The van der Waals surface area contributed by atoms with Gasteiger partial charge >= 0.3 is 0 Å². The van der Waals surface area contributed by atoms with Crippen molar-refractivity contribution in [2.24, 2.45) is 0 Å². The van der Waals surface area contributed by atoms with Gasteiger partial charge in [-0.05, 0) is 31.2 Å². The van der Waals surface area contributed by atoms with E-state index >= 15 is 0 Å². The van der Waals surface area contributed by atoms with E-state index in [4.69, 9.17) is 16.3 Å². The molecule has 0 saturated carbocycles. The van der Waals surface area contributed by atoms with E-state index in [0.29, 0.717) is 21.2 Å². The third-order valence-electron chi connectivity index (χ3n) is 2.47. The van der Waals surface area contributed by atoms with E-state index in [0.717, 1.165) is 4.34 Å². The number of carbonyl (C=O) groups excluding carboxylic acids is 1. The number of carbonyl (C=O) groups is 1. The molecule has 1 aromatic carbocycles. The van der Waals surface area contributed by atoms with Gasteiger partial charge in [0.05, 0.1) is 0 Å². The normalized spacial score (nSPS) is 12.2. The topological polar surface area (TPSA) is 64.1 Å². The SMILES string of the molecule is CC(C)Sc1nnc(NC(=O)[C@@H](C)Oc2ccc(Cl)cc2)s1. The van der Waals surface area contributed by atoms with Gasteiger partial charge in [0.1, 0.15) is 5.75 Å². The molecule has 1 N–H and O–H groups in total. The number of hydrogen-bond acceptors (Lipinski definition) is 6. The first-order valence-electron chi connectivity index (χ1n) is 6.67. The van der Waals surface area contributed by atoms with Gasteiger partial charge in [0.2, 0.25) is 5.13 Å². The van der Waals surface area contributed by atoms with E-state index in [2.05, 4.69) is 29.4 Å². The number of aromatic nitrogens is 2. The molecule has 2 aromatic rings. The summed E-state index contributed by atoms with van der Waals surface area (Å²) in [6.45, 7) is 5.83. The molecule has 22 heavy (non-hydrogen) atoms. The number of rotatable bonds is 6. The van der Waals surface area contributed by atoms with Crippen molar-refractivity contribution in [2.45, 2.75) is 36.5 Å². The Labute approximate surface area is 142 Å². The summed E-state index contributed by atoms with van der Waals surface area (Å²) in [5.74, 6) is 0.313. The molecule has 118 valence electrons. The van der Waals surface area contributed by atoms with Gasteiger partial charge in [-0.2, -0.15) is 0 Å². The number of halogens is 1. The van der Waals surface area contributed by atoms with Gasteiger partial charge < -0.3 is 4.74 Å². The zero-order valence-corrected chi connectivity index (χ0v) is 14.8. The van der Waals surface area contributed by atoms with Crippen molar-refractivity contribution in [2.75, 3.05) is 5.32 Å². The molecule has 1 amide bonds. The van der Waals surface area contributed by atoms with Gasteiger partial charge in [0, 0.05) is 10.3 Å². The van der Waals surface area contributed by atoms with Crippen LogP contribution in [-0.4, -0.2) is 27.5 Å². The van der Waals surface area contributed by atoms with E-state index < -0.39 is 6.10 Å². The minimum absolute atomic E-state index is 0.271. The second-order valence-corrected chi connectivity index (χ2v) is 7.98. The third-order valence-corrected chi connectivity index (χ3v) is 4.65. The number of amides is 1. The maximum atomic E-state index is 12.1. The number of ether oxygens (including phenoxy) is 1. The summed E-state index contributed by atoms with van der Waals surface area (Å²) in [4.78, 5) is 12.1. The standard InChI is InChI=1S/C14H16ClN3O2S2/c1-8(2)21-14-18-17-13(22-14)16-12(19)9(3)20-11-6-4-10(15)5-7-11/h4-9H,1-3H3,(H,16,17,19)/t9-/m1/s1. The lowest BCUT2D eigenvalue weighted by Crippen LogP contribution is -2.30. The van der Waals surface area contributed by atoms with Crippen molar-refractivity contribution < 1.29 is 9.53 Å². The van der Waals surface area contributed by atoms with Gasteiger partial charge in [0.25, 0.3) is 5.91 Å². The molecule has 0 saturated heterocycles. The van der Waals surface area contributed by atoms with Gasteiger partial charge in [-0.15, -0.1) is 10.2 Å². The van der Waals surface area contributed by atoms with Gasteiger partial charge in [-0.1, -0.05) is 48.5 Å². The molecule has 2 rings (SSSR count). The lowest BCUT2D eigenvalue weighted by atomic mass is 10.3. The Hall–Kier alpha value is -1.31. The van der Waals surface area contributed by atoms with Crippen LogP contribution in [0.1, 0.15) is 20.8 Å². The largest absolute Gasteiger partial charge is 0.481 e. The number of anilines is 1. The maximum absolute atomic E-state index is 12.1. The first-order valence-corrected chi connectivity index (χ1v) is 8.74. The first-order chi connectivity index (χ1) is 10.4. The fourth-order valence-corrected chi connectivity index (χ4v) is 3.59. The van der Waals surface area contributed by atoms with Crippen LogP contribution in [0.3, 0.4) is 0 Å². The average molecular weight is 358 g/mol. The van der Waals surface area contributed by atoms with Crippen molar-refractivity contribution in [1.82, 2.24) is 10.2 Å². The van der Waals surface area contributed by atoms with Crippen molar-refractivity contribution in [3.8, 4) is 5.75 Å². The fourth-order valence-electron chi connectivity index (χ4n) is 1.49. The summed E-state index contributed by atoms with van der Waals surface area (Å²) in [5, 5.41) is 12.2. The molecule has 1 atom stereocenters. The average Bonchev–Trinajstić information content (AvgIpc) is 2.87. The lowest BCUT2D eigenvalue weighted by molar-refractivity contribution is -0.122. The Morgan fingerprint density at radius 3 is 2.59 bits per heavy atom. The van der Waals surface area contributed by atoms with Gasteiger partial charge in [-0.3, -0.25) is 10.1 Å². The van der Waals surface area contributed by atoms with Gasteiger partial charge in [0.15, 0.2) is 10.4 Å². The molecule has 1 heterocycles. The van der Waals surface area contributed by atoms with E-state index in [1.807, 2.05) is 0 Å². The highest BCUT2D eigenvalue weighted by Crippen LogP contribution is 2.28. The quantitative estimate of drug-likeness (QED) is 0.623. The van der Waals surface area contributed by atoms with E-state index in [1.54, 1.807) is 43.0 Å². The summed E-state index contributed by atoms with van der Waals surface area (Å²) in [6, 6.07) is 6.85. The Kier molecular flexibility index (Phi) is 6.05. The molecule has 0 radical (unpaired) electrons. The van der Waals surface area contributed by atoms with Crippen LogP contribution >= 0.6 is 34.7 Å². The maximum Gasteiger partial charge on any atom is 0.266 e. The van der Waals surface area contributed by atoms with Crippen LogP contribution in [-0.2, 0) is 4.79 Å².